The summed E-state index contributed by atoms with van der Waals surface area (Å²) in [5.74, 6) is -3.97. The Balaban J connectivity index is 1.85. The minimum atomic E-state index is -1.35. The first-order chi connectivity index (χ1) is 24.7. The maximum Gasteiger partial charge on any atom is 0.407 e. The normalized spacial score (nSPS) is 35.6. The number of hydrogen-bond acceptors (Lipinski definition) is 12. The summed E-state index contributed by atoms with van der Waals surface area (Å²) < 4.78 is 23.5. The number of ether oxygens (including phenoxy) is 4. The lowest BCUT2D eigenvalue weighted by molar-refractivity contribution is -0.302. The third-order valence-electron chi connectivity index (χ3n) is 9.99. The van der Waals surface area contributed by atoms with E-state index in [-0.39, 0.29) is 18.8 Å². The van der Waals surface area contributed by atoms with Gasteiger partial charge in [0.05, 0.1) is 36.9 Å². The number of allylic oxidation sites excluding steroid dienone is 3. The van der Waals surface area contributed by atoms with Crippen LogP contribution >= 0.6 is 0 Å². The first kappa shape index (κ1) is 42.9. The fraction of sp³-hybridized carbons (Fsp3) is 0.641. The highest BCUT2D eigenvalue weighted by Crippen LogP contribution is 2.32. The summed E-state index contributed by atoms with van der Waals surface area (Å²) in [4.78, 5) is 53.5. The number of esters is 1. The molecule has 1 amide bonds. The summed E-state index contributed by atoms with van der Waals surface area (Å²) in [6.07, 6.45) is -2.13. The molecule has 0 aromatic heterocycles. The molecule has 0 aliphatic carbocycles. The Morgan fingerprint density at radius 1 is 1.06 bits per heavy atom. The van der Waals surface area contributed by atoms with Crippen molar-refractivity contribution in [2.75, 3.05) is 27.2 Å². The minimum absolute atomic E-state index is 0.0491. The number of carbonyl (C=O) groups is 4. The number of ketones is 1. The zero-order valence-electron chi connectivity index (χ0n) is 31.4. The van der Waals surface area contributed by atoms with Crippen molar-refractivity contribution < 1.29 is 53.4 Å². The molecule has 0 radical (unpaired) electrons. The topological polar surface area (TPSA) is 181 Å². The van der Waals surface area contributed by atoms with Crippen LogP contribution in [0.2, 0.25) is 0 Å². The van der Waals surface area contributed by atoms with Crippen molar-refractivity contribution in [1.82, 2.24) is 10.2 Å². The molecule has 0 bridgehead atoms. The number of rotatable bonds is 10. The van der Waals surface area contributed by atoms with E-state index in [2.05, 4.69) is 5.32 Å². The van der Waals surface area contributed by atoms with Gasteiger partial charge in [-0.3, -0.25) is 9.59 Å². The smallest absolute Gasteiger partial charge is 0.407 e. The summed E-state index contributed by atoms with van der Waals surface area (Å²) >= 11 is 0. The molecule has 0 saturated carbocycles. The molecule has 1 unspecified atom stereocenters. The van der Waals surface area contributed by atoms with Crippen molar-refractivity contribution in [2.24, 2.45) is 23.7 Å². The fourth-order valence-electron chi connectivity index (χ4n) is 6.77. The monoisotopic (exact) mass is 730 g/mol. The highest BCUT2D eigenvalue weighted by atomic mass is 16.7. The van der Waals surface area contributed by atoms with Gasteiger partial charge in [0.25, 0.3) is 0 Å². The zero-order valence-corrected chi connectivity index (χ0v) is 31.4. The molecule has 2 aliphatic rings. The molecule has 13 heteroatoms. The van der Waals surface area contributed by atoms with Crippen LogP contribution in [0.3, 0.4) is 0 Å². The molecule has 2 aliphatic heterocycles. The second-order valence-corrected chi connectivity index (χ2v) is 14.3. The van der Waals surface area contributed by atoms with Crippen LogP contribution in [0.5, 0.6) is 0 Å². The molecular weight excluding hydrogens is 672 g/mol. The van der Waals surface area contributed by atoms with Gasteiger partial charge in [0, 0.05) is 30.2 Å². The van der Waals surface area contributed by atoms with Crippen molar-refractivity contribution in [3.05, 3.63) is 59.7 Å². The van der Waals surface area contributed by atoms with Crippen LogP contribution in [0.4, 0.5) is 4.79 Å². The quantitative estimate of drug-likeness (QED) is 0.205. The number of cyclic esters (lactones) is 1. The third-order valence-corrected chi connectivity index (χ3v) is 9.99. The van der Waals surface area contributed by atoms with Gasteiger partial charge in [0.1, 0.15) is 25.1 Å². The number of hydrogen-bond donors (Lipinski definition) is 4. The number of alkyl carbamates (subject to hydrolysis) is 1. The molecule has 1 aromatic carbocycles. The van der Waals surface area contributed by atoms with Gasteiger partial charge in [0.2, 0.25) is 0 Å². The third kappa shape index (κ3) is 12.3. The summed E-state index contributed by atoms with van der Waals surface area (Å²) in [5, 5.41) is 36.0. The SMILES string of the molecule is CC[C@H]1OC(=O)C[C@@H](O)[C@H](C)[C@@H](O[C@@H]2O[C@H](C)[C@@H](O)[C@H](N(C)C)[C@H]2O)C(C=O)C[C@@H](C)C(=O)/C=C\C(C)=C\[C@@H]1COC(=O)NCCc1ccccc1. The van der Waals surface area contributed by atoms with Gasteiger partial charge in [0.15, 0.2) is 12.1 Å². The average molecular weight is 731 g/mol. The van der Waals surface area contributed by atoms with Crippen LogP contribution in [-0.4, -0.2) is 121 Å². The van der Waals surface area contributed by atoms with Gasteiger partial charge in [-0.25, -0.2) is 4.79 Å². The number of carbonyl (C=O) groups excluding carboxylic acids is 4. The van der Waals surface area contributed by atoms with Gasteiger partial charge in [-0.15, -0.1) is 0 Å². The number of aliphatic hydroxyl groups excluding tert-OH is 3. The second kappa shape index (κ2) is 20.7. The largest absolute Gasteiger partial charge is 0.462 e. The van der Waals surface area contributed by atoms with E-state index in [4.69, 9.17) is 18.9 Å². The molecule has 1 saturated heterocycles. The molecule has 290 valence electrons. The van der Waals surface area contributed by atoms with E-state index in [1.54, 1.807) is 58.8 Å². The molecule has 0 spiro atoms. The maximum atomic E-state index is 13.3. The molecule has 2 heterocycles. The summed E-state index contributed by atoms with van der Waals surface area (Å²) in [6.45, 7) is 8.79. The number of amides is 1. The van der Waals surface area contributed by atoms with Crippen LogP contribution in [-0.2, 0) is 39.8 Å². The van der Waals surface area contributed by atoms with Crippen molar-refractivity contribution in [1.29, 1.82) is 0 Å². The van der Waals surface area contributed by atoms with Crippen LogP contribution in [0.1, 0.15) is 59.4 Å². The molecule has 4 N–H and O–H groups in total. The molecule has 12 atom stereocenters. The number of aliphatic hydroxyl groups is 3. The Morgan fingerprint density at radius 2 is 1.75 bits per heavy atom. The molecule has 52 heavy (non-hydrogen) atoms. The summed E-state index contributed by atoms with van der Waals surface area (Å²) in [7, 11) is 3.40. The van der Waals surface area contributed by atoms with Crippen LogP contribution in [0.15, 0.2) is 54.1 Å². The van der Waals surface area contributed by atoms with E-state index in [1.165, 1.54) is 6.08 Å². The zero-order chi connectivity index (χ0) is 38.5. The Labute approximate surface area is 307 Å². The second-order valence-electron chi connectivity index (χ2n) is 14.3. The van der Waals surface area contributed by atoms with Crippen molar-refractivity contribution in [2.45, 2.75) is 109 Å². The number of aldehydes is 1. The highest BCUT2D eigenvalue weighted by Gasteiger charge is 2.47. The Bertz CT molecular complexity index is 1370. The van der Waals surface area contributed by atoms with Crippen molar-refractivity contribution in [3.8, 4) is 0 Å². The van der Waals surface area contributed by atoms with Gasteiger partial charge >= 0.3 is 12.1 Å². The van der Waals surface area contributed by atoms with Crippen LogP contribution in [0.25, 0.3) is 0 Å². The minimum Gasteiger partial charge on any atom is -0.462 e. The van der Waals surface area contributed by atoms with E-state index < -0.39 is 91.1 Å². The van der Waals surface area contributed by atoms with Gasteiger partial charge in [-0.05, 0) is 58.8 Å². The number of nitrogens with one attached hydrogen (secondary N) is 1. The molecular formula is C39H58N2O11. The lowest BCUT2D eigenvalue weighted by Crippen LogP contribution is -2.63. The predicted octanol–water partition coefficient (Wildman–Crippen LogP) is 2.99. The molecule has 13 nitrogen and oxygen atoms in total. The van der Waals surface area contributed by atoms with E-state index in [9.17, 15) is 34.5 Å². The van der Waals surface area contributed by atoms with E-state index in [0.29, 0.717) is 31.2 Å². The number of nitrogens with zero attached hydrogens (tertiary/aromatic N) is 1. The maximum absolute atomic E-state index is 13.3. The van der Waals surface area contributed by atoms with Gasteiger partial charge in [-0.1, -0.05) is 68.8 Å². The van der Waals surface area contributed by atoms with E-state index in [1.807, 2.05) is 37.3 Å². The Morgan fingerprint density at radius 3 is 2.38 bits per heavy atom. The summed E-state index contributed by atoms with van der Waals surface area (Å²) in [6, 6.07) is 8.94. The first-order valence-electron chi connectivity index (χ1n) is 18.2. The molecule has 1 aromatic rings. The first-order valence-corrected chi connectivity index (χ1v) is 18.2. The van der Waals surface area contributed by atoms with E-state index >= 15 is 0 Å². The lowest BCUT2D eigenvalue weighted by Gasteiger charge is -2.46. The van der Waals surface area contributed by atoms with E-state index in [0.717, 1.165) is 5.56 Å². The fourth-order valence-corrected chi connectivity index (χ4v) is 6.77. The standard InChI is InChI=1S/C39H58N2O11/c1-8-32-29(22-49-39(48)40-17-16-27-12-10-9-11-13-27)18-23(2)14-15-30(43)24(3)19-28(21-42)37(25(4)31(44)20-33(45)51-32)52-38-36(47)34(41(6)7)35(46)26(5)50-38/h9-15,18,21,24-26,28-29,31-32,34-38,44,46-47H,8,16-17,19-20,22H2,1-7H3,(H,40,48)/b15-14-,23-18+/t24-,25+,26-,28?,29-,31-,32-,34+,35-,36-,37-,38+/m1/s1. The molecule has 1 fully saturated rings. The lowest BCUT2D eigenvalue weighted by atomic mass is 9.81. The van der Waals surface area contributed by atoms with Gasteiger partial charge < -0.3 is 49.3 Å². The van der Waals surface area contributed by atoms with Crippen LogP contribution < -0.4 is 5.32 Å². The average Bonchev–Trinajstić information content (AvgIpc) is 3.11. The Kier molecular flexibility index (Phi) is 17.1. The predicted molar refractivity (Wildman–Crippen MR) is 193 cm³/mol. The van der Waals surface area contributed by atoms with Crippen LogP contribution in [0, 0.1) is 23.7 Å². The number of benzene rings is 1. The van der Waals surface area contributed by atoms with Crippen molar-refractivity contribution in [3.63, 3.8) is 0 Å². The van der Waals surface area contributed by atoms with Crippen molar-refractivity contribution >= 4 is 24.1 Å². The highest BCUT2D eigenvalue weighted by molar-refractivity contribution is 5.92. The van der Waals surface area contributed by atoms with Gasteiger partial charge in [-0.2, -0.15) is 0 Å². The Hall–Kier alpha value is -3.46. The number of likely N-dealkylation sites (N-methyl/N-ethyl adjacent to an activating group) is 1. The summed E-state index contributed by atoms with van der Waals surface area (Å²) in [5.41, 5.74) is 1.73. The molecule has 3 rings (SSSR count).